The molecule has 1 fully saturated rings. The first-order chi connectivity index (χ1) is 10.1. The van der Waals surface area contributed by atoms with Crippen molar-refractivity contribution in [3.8, 4) is 11.5 Å². The topological polar surface area (TPSA) is 67.9 Å². The van der Waals surface area contributed by atoms with Crippen LogP contribution in [0.4, 0.5) is 4.79 Å². The van der Waals surface area contributed by atoms with Crippen molar-refractivity contribution in [3.63, 3.8) is 0 Å². The molecular weight excluding hydrogens is 272 g/mol. The predicted octanol–water partition coefficient (Wildman–Crippen LogP) is 2.01. The highest BCUT2D eigenvalue weighted by Gasteiger charge is 2.32. The lowest BCUT2D eigenvalue weighted by atomic mass is 10.1. The number of nitrogens with one attached hydrogen (secondary N) is 1. The van der Waals surface area contributed by atoms with Gasteiger partial charge in [0.2, 0.25) is 0 Å². The molecule has 1 aromatic carbocycles. The molecule has 0 atom stereocenters. The smallest absolute Gasteiger partial charge is 0.329 e. The molecule has 1 aliphatic rings. The van der Waals surface area contributed by atoms with Crippen LogP contribution in [0.2, 0.25) is 0 Å². The number of carbonyl (C=O) groups is 2. The molecule has 112 valence electrons. The second-order valence-electron chi connectivity index (χ2n) is 4.53. The van der Waals surface area contributed by atoms with E-state index in [9.17, 15) is 9.59 Å². The lowest BCUT2D eigenvalue weighted by Gasteiger charge is -2.10. The lowest BCUT2D eigenvalue weighted by molar-refractivity contribution is -0.122. The summed E-state index contributed by atoms with van der Waals surface area (Å²) in [4.78, 5) is 25.1. The molecule has 1 aliphatic heterocycles. The van der Waals surface area contributed by atoms with E-state index in [0.717, 1.165) is 6.42 Å². The lowest BCUT2D eigenvalue weighted by Crippen LogP contribution is -2.31. The molecule has 0 aromatic heterocycles. The summed E-state index contributed by atoms with van der Waals surface area (Å²) in [5, 5.41) is 2.58. The molecule has 0 radical (unpaired) electrons. The van der Waals surface area contributed by atoms with Gasteiger partial charge in [-0.25, -0.2) is 4.79 Å². The summed E-state index contributed by atoms with van der Waals surface area (Å²) in [6, 6.07) is 4.95. The van der Waals surface area contributed by atoms with Crippen molar-refractivity contribution in [2.24, 2.45) is 0 Å². The van der Waals surface area contributed by atoms with Gasteiger partial charge in [0.05, 0.1) is 14.2 Å². The van der Waals surface area contributed by atoms with E-state index >= 15 is 0 Å². The van der Waals surface area contributed by atoms with E-state index in [2.05, 4.69) is 5.32 Å². The van der Waals surface area contributed by atoms with Crippen LogP contribution in [0.5, 0.6) is 11.5 Å². The van der Waals surface area contributed by atoms with Gasteiger partial charge in [0.25, 0.3) is 5.91 Å². The predicted molar refractivity (Wildman–Crippen MR) is 78.1 cm³/mol. The van der Waals surface area contributed by atoms with Crippen molar-refractivity contribution in [2.75, 3.05) is 20.8 Å². The fourth-order valence-electron chi connectivity index (χ4n) is 2.18. The second kappa shape index (κ2) is 6.30. The maximum absolute atomic E-state index is 12.2. The minimum atomic E-state index is -0.394. The van der Waals surface area contributed by atoms with Crippen LogP contribution in [-0.2, 0) is 4.79 Å². The molecule has 3 amide bonds. The van der Waals surface area contributed by atoms with Gasteiger partial charge in [0, 0.05) is 12.1 Å². The minimum Gasteiger partial charge on any atom is -0.493 e. The zero-order valence-electron chi connectivity index (χ0n) is 12.3. The Balaban J connectivity index is 2.37. The third-order valence-electron chi connectivity index (χ3n) is 3.14. The highest BCUT2D eigenvalue weighted by atomic mass is 16.5. The Labute approximate surface area is 123 Å². The Morgan fingerprint density at radius 3 is 2.62 bits per heavy atom. The molecule has 0 aliphatic carbocycles. The molecule has 0 saturated carbocycles. The number of nitrogens with zero attached hydrogens (tertiary/aromatic N) is 1. The van der Waals surface area contributed by atoms with Crippen molar-refractivity contribution >= 4 is 18.0 Å². The van der Waals surface area contributed by atoms with Crippen molar-refractivity contribution in [1.29, 1.82) is 0 Å². The van der Waals surface area contributed by atoms with Gasteiger partial charge in [-0.05, 0) is 18.6 Å². The van der Waals surface area contributed by atoms with Gasteiger partial charge in [-0.3, -0.25) is 9.69 Å². The van der Waals surface area contributed by atoms with E-state index in [1.165, 1.54) is 12.0 Å². The molecule has 6 heteroatoms. The molecule has 1 heterocycles. The van der Waals surface area contributed by atoms with Crippen molar-refractivity contribution in [3.05, 3.63) is 29.5 Å². The van der Waals surface area contributed by atoms with Crippen LogP contribution in [-0.4, -0.2) is 37.6 Å². The number of benzene rings is 1. The van der Waals surface area contributed by atoms with Gasteiger partial charge >= 0.3 is 6.03 Å². The fraction of sp³-hybridized carbons (Fsp3) is 0.333. The summed E-state index contributed by atoms with van der Waals surface area (Å²) in [5.74, 6) is 0.754. The van der Waals surface area contributed by atoms with E-state index in [-0.39, 0.29) is 11.6 Å². The first-order valence-corrected chi connectivity index (χ1v) is 6.67. The summed E-state index contributed by atoms with van der Waals surface area (Å²) >= 11 is 0. The average Bonchev–Trinajstić information content (AvgIpc) is 2.75. The molecule has 1 aromatic rings. The quantitative estimate of drug-likeness (QED) is 0.665. The Morgan fingerprint density at radius 2 is 2.00 bits per heavy atom. The van der Waals surface area contributed by atoms with E-state index in [1.54, 1.807) is 31.4 Å². The number of imide groups is 1. The SMILES string of the molecule is CCCN1C(=O)N/C(=C/c2cccc(OC)c2OC)C1=O. The van der Waals surface area contributed by atoms with Gasteiger partial charge in [-0.2, -0.15) is 0 Å². The molecule has 1 saturated heterocycles. The first kappa shape index (κ1) is 14.9. The number of hydrogen-bond acceptors (Lipinski definition) is 4. The Kier molecular flexibility index (Phi) is 4.47. The number of para-hydroxylation sites is 1. The van der Waals surface area contributed by atoms with Crippen LogP contribution >= 0.6 is 0 Å². The number of rotatable bonds is 5. The number of carbonyl (C=O) groups excluding carboxylic acids is 2. The average molecular weight is 290 g/mol. The van der Waals surface area contributed by atoms with Crippen molar-refractivity contribution < 1.29 is 19.1 Å². The maximum atomic E-state index is 12.2. The maximum Gasteiger partial charge on any atom is 0.329 e. The molecule has 2 rings (SSSR count). The van der Waals surface area contributed by atoms with Gasteiger partial charge in [-0.15, -0.1) is 0 Å². The molecule has 6 nitrogen and oxygen atoms in total. The van der Waals surface area contributed by atoms with E-state index in [0.29, 0.717) is 23.6 Å². The largest absolute Gasteiger partial charge is 0.493 e. The van der Waals surface area contributed by atoms with E-state index in [1.807, 2.05) is 6.92 Å². The Morgan fingerprint density at radius 1 is 1.24 bits per heavy atom. The standard InChI is InChI=1S/C15H18N2O4/c1-4-8-17-14(18)11(16-15(17)19)9-10-6-5-7-12(20-2)13(10)21-3/h5-7,9H,4,8H2,1-3H3,(H,16,19)/b11-9+. The van der Waals surface area contributed by atoms with Gasteiger partial charge < -0.3 is 14.8 Å². The number of urea groups is 1. The summed E-state index contributed by atoms with van der Waals surface area (Å²) in [5.41, 5.74) is 0.902. The summed E-state index contributed by atoms with van der Waals surface area (Å²) < 4.78 is 10.5. The molecule has 21 heavy (non-hydrogen) atoms. The van der Waals surface area contributed by atoms with Gasteiger partial charge in [-0.1, -0.05) is 19.1 Å². The number of amides is 3. The first-order valence-electron chi connectivity index (χ1n) is 6.67. The number of hydrogen-bond donors (Lipinski definition) is 1. The third kappa shape index (κ3) is 2.84. The molecule has 1 N–H and O–H groups in total. The van der Waals surface area contributed by atoms with Crippen molar-refractivity contribution in [1.82, 2.24) is 10.2 Å². The summed E-state index contributed by atoms with van der Waals surface area (Å²) in [6.45, 7) is 2.31. The summed E-state index contributed by atoms with van der Waals surface area (Å²) in [7, 11) is 3.07. The van der Waals surface area contributed by atoms with Crippen LogP contribution in [0, 0.1) is 0 Å². The van der Waals surface area contributed by atoms with Gasteiger partial charge in [0.1, 0.15) is 5.70 Å². The second-order valence-corrected chi connectivity index (χ2v) is 4.53. The monoisotopic (exact) mass is 290 g/mol. The fourth-order valence-corrected chi connectivity index (χ4v) is 2.18. The van der Waals surface area contributed by atoms with Crippen molar-refractivity contribution in [2.45, 2.75) is 13.3 Å². The van der Waals surface area contributed by atoms with Crippen LogP contribution in [0.3, 0.4) is 0 Å². The van der Waals surface area contributed by atoms with Crippen LogP contribution < -0.4 is 14.8 Å². The van der Waals surface area contributed by atoms with Gasteiger partial charge in [0.15, 0.2) is 11.5 Å². The number of methoxy groups -OCH3 is 2. The van der Waals surface area contributed by atoms with E-state index in [4.69, 9.17) is 9.47 Å². The molecular formula is C15H18N2O4. The normalized spacial score (nSPS) is 16.3. The Hall–Kier alpha value is -2.50. The van der Waals surface area contributed by atoms with Crippen LogP contribution in [0.15, 0.2) is 23.9 Å². The summed E-state index contributed by atoms with van der Waals surface area (Å²) in [6.07, 6.45) is 2.31. The Bertz CT molecular complexity index is 595. The minimum absolute atomic E-state index is 0.236. The van der Waals surface area contributed by atoms with Crippen LogP contribution in [0.1, 0.15) is 18.9 Å². The highest BCUT2D eigenvalue weighted by molar-refractivity contribution is 6.14. The molecule has 0 unspecified atom stereocenters. The highest BCUT2D eigenvalue weighted by Crippen LogP contribution is 2.32. The van der Waals surface area contributed by atoms with E-state index < -0.39 is 6.03 Å². The zero-order valence-corrected chi connectivity index (χ0v) is 12.3. The molecule has 0 spiro atoms. The zero-order chi connectivity index (χ0) is 15.4. The third-order valence-corrected chi connectivity index (χ3v) is 3.14. The van der Waals surface area contributed by atoms with Crippen LogP contribution in [0.25, 0.3) is 6.08 Å². The number of ether oxygens (including phenoxy) is 2. The molecule has 0 bridgehead atoms.